The molecule has 0 aromatic carbocycles. The standard InChI is InChI=1S/C14H15N7S/c1-3-15-14(22)20-12-5-4-9-13(19-12)18-10(6-16-9)11-7-21(2)8-17-11/h4-8H,3H2,1-2H3,(H2,15,18,19,20,22). The van der Waals surface area contributed by atoms with Crippen LogP contribution in [0.1, 0.15) is 6.92 Å². The van der Waals surface area contributed by atoms with Crippen molar-refractivity contribution in [2.24, 2.45) is 7.05 Å². The number of imidazole rings is 1. The van der Waals surface area contributed by atoms with Crippen molar-refractivity contribution in [3.8, 4) is 11.4 Å². The predicted octanol–water partition coefficient (Wildman–Crippen LogP) is 1.73. The Bertz CT molecular complexity index is 827. The summed E-state index contributed by atoms with van der Waals surface area (Å²) in [5, 5.41) is 6.56. The number of anilines is 1. The number of rotatable bonds is 3. The third-order valence-corrected chi connectivity index (χ3v) is 3.20. The number of nitrogens with one attached hydrogen (secondary N) is 2. The summed E-state index contributed by atoms with van der Waals surface area (Å²) >= 11 is 5.15. The Balaban J connectivity index is 1.94. The molecule has 22 heavy (non-hydrogen) atoms. The van der Waals surface area contributed by atoms with Gasteiger partial charge in [-0.15, -0.1) is 0 Å². The van der Waals surface area contributed by atoms with Crippen molar-refractivity contribution in [1.29, 1.82) is 0 Å². The van der Waals surface area contributed by atoms with E-state index in [1.807, 2.05) is 36.9 Å². The average Bonchev–Trinajstić information content (AvgIpc) is 2.93. The van der Waals surface area contributed by atoms with Crippen LogP contribution in [0.25, 0.3) is 22.6 Å². The molecule has 3 aromatic heterocycles. The maximum atomic E-state index is 5.15. The molecule has 2 N–H and O–H groups in total. The zero-order valence-electron chi connectivity index (χ0n) is 12.2. The van der Waals surface area contributed by atoms with Crippen LogP contribution < -0.4 is 10.6 Å². The van der Waals surface area contributed by atoms with Crippen molar-refractivity contribution < 1.29 is 0 Å². The summed E-state index contributed by atoms with van der Waals surface area (Å²) in [6.07, 6.45) is 5.31. The fraction of sp³-hybridized carbons (Fsp3) is 0.214. The molecule has 3 aromatic rings. The summed E-state index contributed by atoms with van der Waals surface area (Å²) in [7, 11) is 1.91. The van der Waals surface area contributed by atoms with Crippen LogP contribution in [0, 0.1) is 0 Å². The Kier molecular flexibility index (Phi) is 3.92. The smallest absolute Gasteiger partial charge is 0.180 e. The third kappa shape index (κ3) is 3.01. The van der Waals surface area contributed by atoms with Crippen LogP contribution in [0.4, 0.5) is 5.82 Å². The van der Waals surface area contributed by atoms with E-state index in [-0.39, 0.29) is 0 Å². The molecule has 0 amide bonds. The Morgan fingerprint density at radius 2 is 2.09 bits per heavy atom. The highest BCUT2D eigenvalue weighted by Crippen LogP contribution is 2.17. The summed E-state index contributed by atoms with van der Waals surface area (Å²) in [4.78, 5) is 17.6. The third-order valence-electron chi connectivity index (χ3n) is 2.95. The highest BCUT2D eigenvalue weighted by atomic mass is 32.1. The van der Waals surface area contributed by atoms with Gasteiger partial charge in [0.2, 0.25) is 0 Å². The Labute approximate surface area is 132 Å². The Morgan fingerprint density at radius 3 is 2.82 bits per heavy atom. The number of pyridine rings is 1. The Hall–Kier alpha value is -2.61. The topological polar surface area (TPSA) is 80.5 Å². The van der Waals surface area contributed by atoms with Crippen molar-refractivity contribution in [2.45, 2.75) is 6.92 Å². The minimum absolute atomic E-state index is 0.531. The first-order chi connectivity index (χ1) is 10.7. The summed E-state index contributed by atoms with van der Waals surface area (Å²) in [6, 6.07) is 3.68. The molecule has 8 heteroatoms. The van der Waals surface area contributed by atoms with Gasteiger partial charge in [-0.25, -0.2) is 15.0 Å². The molecule has 0 aliphatic rings. The molecule has 3 rings (SSSR count). The molecule has 0 aliphatic carbocycles. The van der Waals surface area contributed by atoms with Crippen LogP contribution in [-0.4, -0.2) is 36.2 Å². The molecule has 7 nitrogen and oxygen atoms in total. The highest BCUT2D eigenvalue weighted by molar-refractivity contribution is 7.80. The normalized spacial score (nSPS) is 10.6. The fourth-order valence-electron chi connectivity index (χ4n) is 1.96. The summed E-state index contributed by atoms with van der Waals surface area (Å²) in [5.74, 6) is 0.630. The molecule has 0 aliphatic heterocycles. The Morgan fingerprint density at radius 1 is 1.23 bits per heavy atom. The maximum Gasteiger partial charge on any atom is 0.180 e. The van der Waals surface area contributed by atoms with Crippen molar-refractivity contribution in [3.63, 3.8) is 0 Å². The van der Waals surface area contributed by atoms with Crippen molar-refractivity contribution in [2.75, 3.05) is 11.9 Å². The van der Waals surface area contributed by atoms with Crippen LogP contribution >= 0.6 is 12.2 Å². The van der Waals surface area contributed by atoms with Crippen molar-refractivity contribution >= 4 is 34.3 Å². The van der Waals surface area contributed by atoms with Gasteiger partial charge in [0.05, 0.1) is 12.5 Å². The van der Waals surface area contributed by atoms with Gasteiger partial charge >= 0.3 is 0 Å². The molecular weight excluding hydrogens is 298 g/mol. The summed E-state index contributed by atoms with van der Waals surface area (Å²) in [6.45, 7) is 2.73. The minimum atomic E-state index is 0.531. The van der Waals surface area contributed by atoms with E-state index in [2.05, 4.69) is 30.6 Å². The first kappa shape index (κ1) is 14.3. The van der Waals surface area contributed by atoms with Crippen LogP contribution in [0.15, 0.2) is 30.9 Å². The highest BCUT2D eigenvalue weighted by Gasteiger charge is 2.07. The van der Waals surface area contributed by atoms with E-state index in [9.17, 15) is 0 Å². The zero-order chi connectivity index (χ0) is 15.5. The van der Waals surface area contributed by atoms with E-state index >= 15 is 0 Å². The van der Waals surface area contributed by atoms with Crippen LogP contribution in [0.2, 0.25) is 0 Å². The van der Waals surface area contributed by atoms with Crippen LogP contribution in [0.3, 0.4) is 0 Å². The molecule has 0 saturated heterocycles. The summed E-state index contributed by atoms with van der Waals surface area (Å²) < 4.78 is 1.86. The van der Waals surface area contributed by atoms with Gasteiger partial charge in [0.15, 0.2) is 10.8 Å². The number of thiocarbonyl (C=S) groups is 1. The van der Waals surface area contributed by atoms with Crippen molar-refractivity contribution in [1.82, 2.24) is 29.8 Å². The maximum absolute atomic E-state index is 5.15. The molecule has 0 unspecified atom stereocenters. The fourth-order valence-corrected chi connectivity index (χ4v) is 2.21. The monoisotopic (exact) mass is 313 g/mol. The van der Waals surface area contributed by atoms with E-state index in [4.69, 9.17) is 12.2 Å². The SMILES string of the molecule is CCNC(=S)Nc1ccc2ncc(-c3cn(C)cn3)nc2n1. The first-order valence-corrected chi connectivity index (χ1v) is 7.23. The van der Waals surface area contributed by atoms with E-state index in [0.717, 1.165) is 17.8 Å². The van der Waals surface area contributed by atoms with Gasteiger partial charge in [0.1, 0.15) is 22.7 Å². The number of nitrogens with zero attached hydrogens (tertiary/aromatic N) is 5. The minimum Gasteiger partial charge on any atom is -0.363 e. The lowest BCUT2D eigenvalue weighted by Crippen LogP contribution is -2.28. The average molecular weight is 313 g/mol. The van der Waals surface area contributed by atoms with E-state index in [0.29, 0.717) is 22.3 Å². The van der Waals surface area contributed by atoms with Gasteiger partial charge in [0, 0.05) is 19.8 Å². The lowest BCUT2D eigenvalue weighted by molar-refractivity contribution is 0.913. The summed E-state index contributed by atoms with van der Waals surface area (Å²) in [5.41, 5.74) is 2.72. The van der Waals surface area contributed by atoms with Gasteiger partial charge in [-0.1, -0.05) is 0 Å². The van der Waals surface area contributed by atoms with E-state index < -0.39 is 0 Å². The van der Waals surface area contributed by atoms with E-state index in [1.165, 1.54) is 0 Å². The van der Waals surface area contributed by atoms with Gasteiger partial charge < -0.3 is 15.2 Å². The number of hydrogen-bond acceptors (Lipinski definition) is 5. The van der Waals surface area contributed by atoms with Crippen molar-refractivity contribution in [3.05, 3.63) is 30.9 Å². The van der Waals surface area contributed by atoms with Gasteiger partial charge in [-0.2, -0.15) is 0 Å². The quantitative estimate of drug-likeness (QED) is 0.713. The number of hydrogen-bond donors (Lipinski definition) is 2. The molecule has 3 heterocycles. The molecule has 0 spiro atoms. The second kappa shape index (κ2) is 6.02. The van der Waals surface area contributed by atoms with Gasteiger partial charge in [-0.3, -0.25) is 4.98 Å². The molecule has 0 radical (unpaired) electrons. The van der Waals surface area contributed by atoms with Gasteiger partial charge in [-0.05, 0) is 31.3 Å². The number of aromatic nitrogens is 5. The largest absolute Gasteiger partial charge is 0.363 e. The van der Waals surface area contributed by atoms with Gasteiger partial charge in [0.25, 0.3) is 0 Å². The second-order valence-electron chi connectivity index (χ2n) is 4.70. The number of fused-ring (bicyclic) bond motifs is 1. The molecule has 0 atom stereocenters. The lowest BCUT2D eigenvalue weighted by Gasteiger charge is -2.08. The van der Waals surface area contributed by atoms with Crippen LogP contribution in [0.5, 0.6) is 0 Å². The first-order valence-electron chi connectivity index (χ1n) is 6.82. The molecule has 0 fully saturated rings. The molecule has 0 saturated carbocycles. The zero-order valence-corrected chi connectivity index (χ0v) is 13.1. The second-order valence-corrected chi connectivity index (χ2v) is 5.11. The van der Waals surface area contributed by atoms with Crippen LogP contribution in [-0.2, 0) is 7.05 Å². The molecule has 112 valence electrons. The molecular formula is C14H15N7S. The molecule has 0 bridgehead atoms. The number of aryl methyl sites for hydroxylation is 1. The van der Waals surface area contributed by atoms with E-state index in [1.54, 1.807) is 12.5 Å². The predicted molar refractivity (Wildman–Crippen MR) is 89.4 cm³/mol. The lowest BCUT2D eigenvalue weighted by atomic mass is 10.3.